The lowest BCUT2D eigenvalue weighted by Gasteiger charge is -2.11. The fourth-order valence-corrected chi connectivity index (χ4v) is 3.71. The van der Waals surface area contributed by atoms with Crippen LogP contribution in [0.2, 0.25) is 0 Å². The molecule has 0 heterocycles. The van der Waals surface area contributed by atoms with Crippen LogP contribution in [-0.2, 0) is 0 Å². The van der Waals surface area contributed by atoms with Crippen LogP contribution in [0.15, 0.2) is 70.5 Å². The molecule has 0 unspecified atom stereocenters. The average Bonchev–Trinajstić information content (AvgIpc) is 2.70. The van der Waals surface area contributed by atoms with Crippen LogP contribution >= 0.6 is 11.8 Å². The molecule has 0 fully saturated rings. The van der Waals surface area contributed by atoms with E-state index in [0.717, 1.165) is 10.6 Å². The van der Waals surface area contributed by atoms with Crippen molar-refractivity contribution in [2.75, 3.05) is 19.5 Å². The van der Waals surface area contributed by atoms with Gasteiger partial charge in [-0.3, -0.25) is 4.79 Å². The predicted octanol–water partition coefficient (Wildman–Crippen LogP) is 5.72. The molecule has 0 aliphatic heterocycles. The van der Waals surface area contributed by atoms with E-state index in [1.165, 1.54) is 16.0 Å². The first-order valence-corrected chi connectivity index (χ1v) is 9.70. The lowest BCUT2D eigenvalue weighted by atomic mass is 10.2. The van der Waals surface area contributed by atoms with Crippen molar-refractivity contribution in [2.24, 2.45) is 0 Å². The van der Waals surface area contributed by atoms with Crippen LogP contribution in [0, 0.1) is 13.8 Å². The smallest absolute Gasteiger partial charge is 0.255 e. The second kappa shape index (κ2) is 8.85. The highest BCUT2D eigenvalue weighted by Crippen LogP contribution is 2.32. The molecular formula is C23H23NO3S. The fraction of sp³-hybridized carbons (Fsp3) is 0.174. The van der Waals surface area contributed by atoms with E-state index in [9.17, 15) is 4.79 Å². The summed E-state index contributed by atoms with van der Waals surface area (Å²) in [5, 5.41) is 2.91. The topological polar surface area (TPSA) is 47.6 Å². The Morgan fingerprint density at radius 2 is 1.57 bits per heavy atom. The van der Waals surface area contributed by atoms with Crippen molar-refractivity contribution in [1.82, 2.24) is 0 Å². The van der Waals surface area contributed by atoms with Gasteiger partial charge in [0.15, 0.2) is 11.5 Å². The number of methoxy groups -OCH3 is 2. The van der Waals surface area contributed by atoms with Gasteiger partial charge >= 0.3 is 0 Å². The first-order valence-electron chi connectivity index (χ1n) is 8.88. The Morgan fingerprint density at radius 1 is 0.857 bits per heavy atom. The lowest BCUT2D eigenvalue weighted by Crippen LogP contribution is -2.12. The number of aryl methyl sites for hydroxylation is 2. The van der Waals surface area contributed by atoms with Gasteiger partial charge in [-0.25, -0.2) is 0 Å². The van der Waals surface area contributed by atoms with Gasteiger partial charge in [-0.15, -0.1) is 0 Å². The molecule has 5 heteroatoms. The van der Waals surface area contributed by atoms with Crippen molar-refractivity contribution in [3.05, 3.63) is 77.4 Å². The molecule has 1 amide bonds. The second-order valence-corrected chi connectivity index (χ2v) is 7.53. The van der Waals surface area contributed by atoms with Crippen molar-refractivity contribution >= 4 is 23.4 Å². The van der Waals surface area contributed by atoms with Gasteiger partial charge in [0.1, 0.15) is 0 Å². The van der Waals surface area contributed by atoms with E-state index in [-0.39, 0.29) is 5.91 Å². The number of anilines is 1. The molecule has 3 aromatic rings. The number of hydrogen-bond donors (Lipinski definition) is 1. The standard InChI is InChI=1S/C23H23NO3S/c1-15-5-12-22(16(2)13-15)28-19-9-7-18(8-10-19)24-23(25)17-6-11-20(26-3)21(14-17)27-4/h5-14H,1-4H3,(H,24,25). The molecule has 0 bridgehead atoms. The van der Waals surface area contributed by atoms with Crippen molar-refractivity contribution in [1.29, 1.82) is 0 Å². The van der Waals surface area contributed by atoms with Gasteiger partial charge in [-0.1, -0.05) is 29.5 Å². The summed E-state index contributed by atoms with van der Waals surface area (Å²) in [6.07, 6.45) is 0. The van der Waals surface area contributed by atoms with E-state index in [1.807, 2.05) is 24.3 Å². The minimum Gasteiger partial charge on any atom is -0.493 e. The largest absolute Gasteiger partial charge is 0.493 e. The van der Waals surface area contributed by atoms with E-state index < -0.39 is 0 Å². The molecule has 4 nitrogen and oxygen atoms in total. The normalized spacial score (nSPS) is 10.4. The molecule has 28 heavy (non-hydrogen) atoms. The SMILES string of the molecule is COc1ccc(C(=O)Nc2ccc(Sc3ccc(C)cc3C)cc2)cc1OC. The highest BCUT2D eigenvalue weighted by Gasteiger charge is 2.11. The van der Waals surface area contributed by atoms with Gasteiger partial charge in [-0.2, -0.15) is 0 Å². The Bertz CT molecular complexity index is 984. The Morgan fingerprint density at radius 3 is 2.21 bits per heavy atom. The highest BCUT2D eigenvalue weighted by molar-refractivity contribution is 7.99. The van der Waals surface area contributed by atoms with Crippen molar-refractivity contribution < 1.29 is 14.3 Å². The number of ether oxygens (including phenoxy) is 2. The molecule has 0 saturated heterocycles. The maximum atomic E-state index is 12.5. The maximum Gasteiger partial charge on any atom is 0.255 e. The Labute approximate surface area is 169 Å². The van der Waals surface area contributed by atoms with Crippen molar-refractivity contribution in [3.63, 3.8) is 0 Å². The maximum absolute atomic E-state index is 12.5. The number of carbonyl (C=O) groups is 1. The van der Waals surface area contributed by atoms with E-state index in [1.54, 1.807) is 44.2 Å². The highest BCUT2D eigenvalue weighted by atomic mass is 32.2. The van der Waals surface area contributed by atoms with E-state index in [4.69, 9.17) is 9.47 Å². The van der Waals surface area contributed by atoms with Gasteiger partial charge in [0.05, 0.1) is 14.2 Å². The van der Waals surface area contributed by atoms with Gasteiger partial charge in [-0.05, 0) is 67.9 Å². The van der Waals surface area contributed by atoms with Crippen LogP contribution in [0.5, 0.6) is 11.5 Å². The third-order valence-corrected chi connectivity index (χ3v) is 5.50. The summed E-state index contributed by atoms with van der Waals surface area (Å²) in [5.41, 5.74) is 3.77. The predicted molar refractivity (Wildman–Crippen MR) is 114 cm³/mol. The Balaban J connectivity index is 1.69. The average molecular weight is 394 g/mol. The third-order valence-electron chi connectivity index (χ3n) is 4.32. The lowest BCUT2D eigenvalue weighted by molar-refractivity contribution is 0.102. The van der Waals surface area contributed by atoms with Gasteiger partial charge < -0.3 is 14.8 Å². The molecule has 0 aliphatic carbocycles. The van der Waals surface area contributed by atoms with Crippen LogP contribution in [0.3, 0.4) is 0 Å². The second-order valence-electron chi connectivity index (χ2n) is 6.42. The summed E-state index contributed by atoms with van der Waals surface area (Å²) in [5.74, 6) is 0.915. The number of carbonyl (C=O) groups excluding carboxylic acids is 1. The van der Waals surface area contributed by atoms with E-state index >= 15 is 0 Å². The van der Waals surface area contributed by atoms with Gasteiger partial charge in [0, 0.05) is 21.0 Å². The molecule has 0 radical (unpaired) electrons. The summed E-state index contributed by atoms with van der Waals surface area (Å²) in [6.45, 7) is 4.21. The minimum atomic E-state index is -0.198. The molecule has 0 aromatic heterocycles. The summed E-state index contributed by atoms with van der Waals surface area (Å²) < 4.78 is 10.5. The molecule has 0 atom stereocenters. The molecular weight excluding hydrogens is 370 g/mol. The summed E-state index contributed by atoms with van der Waals surface area (Å²) in [7, 11) is 3.11. The zero-order valence-corrected chi connectivity index (χ0v) is 17.2. The number of rotatable bonds is 6. The van der Waals surface area contributed by atoms with Crippen molar-refractivity contribution in [2.45, 2.75) is 23.6 Å². The first-order chi connectivity index (χ1) is 13.5. The Hall–Kier alpha value is -2.92. The molecule has 1 N–H and O–H groups in total. The molecule has 144 valence electrons. The summed E-state index contributed by atoms with van der Waals surface area (Å²) in [4.78, 5) is 14.9. The molecule has 0 spiro atoms. The first kappa shape index (κ1) is 19.8. The number of benzene rings is 3. The quantitative estimate of drug-likeness (QED) is 0.581. The molecule has 0 saturated carbocycles. The number of amides is 1. The van der Waals surface area contributed by atoms with Crippen LogP contribution in [0.1, 0.15) is 21.5 Å². The summed E-state index contributed by atoms with van der Waals surface area (Å²) in [6, 6.07) is 19.4. The summed E-state index contributed by atoms with van der Waals surface area (Å²) >= 11 is 1.71. The van der Waals surface area contributed by atoms with Crippen LogP contribution in [0.4, 0.5) is 5.69 Å². The third kappa shape index (κ3) is 4.67. The zero-order valence-electron chi connectivity index (χ0n) is 16.4. The van der Waals surface area contributed by atoms with E-state index in [0.29, 0.717) is 17.1 Å². The van der Waals surface area contributed by atoms with Crippen molar-refractivity contribution in [3.8, 4) is 11.5 Å². The number of nitrogens with one attached hydrogen (secondary N) is 1. The fourth-order valence-electron chi connectivity index (χ4n) is 2.83. The molecule has 3 aromatic carbocycles. The van der Waals surface area contributed by atoms with Crippen LogP contribution < -0.4 is 14.8 Å². The number of hydrogen-bond acceptors (Lipinski definition) is 4. The monoisotopic (exact) mass is 393 g/mol. The minimum absolute atomic E-state index is 0.198. The van der Waals surface area contributed by atoms with Crippen LogP contribution in [-0.4, -0.2) is 20.1 Å². The zero-order chi connectivity index (χ0) is 20.1. The van der Waals surface area contributed by atoms with Gasteiger partial charge in [0.25, 0.3) is 5.91 Å². The molecule has 0 aliphatic rings. The molecule has 3 rings (SSSR count). The van der Waals surface area contributed by atoms with Gasteiger partial charge in [0.2, 0.25) is 0 Å². The van der Waals surface area contributed by atoms with Crippen LogP contribution in [0.25, 0.3) is 0 Å². The Kier molecular flexibility index (Phi) is 6.26. The van der Waals surface area contributed by atoms with E-state index in [2.05, 4.69) is 37.4 Å².